The van der Waals surface area contributed by atoms with Crippen LogP contribution in [-0.2, 0) is 14.6 Å². The number of rotatable bonds is 9. The van der Waals surface area contributed by atoms with E-state index < -0.39 is 9.84 Å². The minimum absolute atomic E-state index is 0.136. The molecule has 2 fully saturated rings. The van der Waals surface area contributed by atoms with Gasteiger partial charge in [0.05, 0.1) is 16.9 Å². The number of methoxy groups -OCH3 is 1. The summed E-state index contributed by atoms with van der Waals surface area (Å²) in [7, 11) is 0.749. The van der Waals surface area contributed by atoms with Crippen molar-refractivity contribution in [2.45, 2.75) is 44.6 Å². The number of aromatic amines is 1. The fourth-order valence-corrected chi connectivity index (χ4v) is 6.85. The highest BCUT2D eigenvalue weighted by Gasteiger charge is 2.28. The van der Waals surface area contributed by atoms with E-state index in [2.05, 4.69) is 31.8 Å². The van der Waals surface area contributed by atoms with E-state index in [0.717, 1.165) is 75.1 Å². The second kappa shape index (κ2) is 10.9. The number of likely N-dealkylation sites (tertiary alicyclic amines) is 1. The van der Waals surface area contributed by atoms with E-state index in [1.165, 1.54) is 0 Å². The summed E-state index contributed by atoms with van der Waals surface area (Å²) in [6, 6.07) is 2.38. The Hall–Kier alpha value is -2.13. The molecule has 3 heterocycles. The van der Waals surface area contributed by atoms with Gasteiger partial charge in [0.1, 0.15) is 17.8 Å². The first-order valence-electron chi connectivity index (χ1n) is 12.1. The first-order valence-corrected chi connectivity index (χ1v) is 13.9. The molecular weight excluding hydrogens is 438 g/mol. The summed E-state index contributed by atoms with van der Waals surface area (Å²) in [6.45, 7) is 2.77. The number of ether oxygens (including phenoxy) is 1. The Labute approximate surface area is 197 Å². The van der Waals surface area contributed by atoms with Crippen LogP contribution >= 0.6 is 0 Å². The van der Waals surface area contributed by atoms with E-state index in [9.17, 15) is 8.42 Å². The number of H-pyrrole nitrogens is 1. The molecule has 2 aromatic rings. The minimum atomic E-state index is -3.08. The SMILES string of the molecule is COCC1CCN(C=CCS(=O)(=O)CC2CCC(N(C)c3ncnc4[nH]ccc34)CC2)CC1. The Balaban J connectivity index is 1.22. The fourth-order valence-electron chi connectivity index (χ4n) is 5.28. The van der Waals surface area contributed by atoms with Crippen molar-refractivity contribution in [3.63, 3.8) is 0 Å². The van der Waals surface area contributed by atoms with Crippen molar-refractivity contribution < 1.29 is 13.2 Å². The molecule has 0 unspecified atom stereocenters. The van der Waals surface area contributed by atoms with E-state index in [4.69, 9.17) is 4.74 Å². The van der Waals surface area contributed by atoms with Gasteiger partial charge in [0.2, 0.25) is 0 Å². The normalized spacial score (nSPS) is 22.9. The molecule has 1 aliphatic carbocycles. The Morgan fingerprint density at radius 1 is 1.15 bits per heavy atom. The average Bonchev–Trinajstić information content (AvgIpc) is 3.29. The van der Waals surface area contributed by atoms with Gasteiger partial charge in [0.25, 0.3) is 0 Å². The fraction of sp³-hybridized carbons (Fsp3) is 0.667. The molecule has 0 spiro atoms. The van der Waals surface area contributed by atoms with Crippen molar-refractivity contribution in [1.82, 2.24) is 19.9 Å². The molecule has 1 saturated carbocycles. The van der Waals surface area contributed by atoms with Crippen molar-refractivity contribution in [3.05, 3.63) is 30.9 Å². The molecule has 0 aromatic carbocycles. The van der Waals surface area contributed by atoms with Crippen LogP contribution in [0.2, 0.25) is 0 Å². The lowest BCUT2D eigenvalue weighted by Gasteiger charge is -2.35. The molecule has 1 aliphatic heterocycles. The maximum atomic E-state index is 12.7. The molecule has 9 heteroatoms. The zero-order chi connectivity index (χ0) is 23.3. The predicted molar refractivity (Wildman–Crippen MR) is 132 cm³/mol. The number of piperidine rings is 1. The summed E-state index contributed by atoms with van der Waals surface area (Å²) in [5.41, 5.74) is 0.846. The quantitative estimate of drug-likeness (QED) is 0.595. The van der Waals surface area contributed by atoms with Gasteiger partial charge in [0, 0.05) is 46.1 Å². The third kappa shape index (κ3) is 6.26. The summed E-state index contributed by atoms with van der Waals surface area (Å²) in [6.07, 6.45) is 13.4. The second-order valence-electron chi connectivity index (χ2n) is 9.62. The number of hydrogen-bond donors (Lipinski definition) is 1. The molecule has 2 aliphatic rings. The van der Waals surface area contributed by atoms with Crippen LogP contribution in [0.3, 0.4) is 0 Å². The van der Waals surface area contributed by atoms with Gasteiger partial charge in [-0.05, 0) is 62.6 Å². The van der Waals surface area contributed by atoms with Crippen LogP contribution in [0, 0.1) is 11.8 Å². The molecule has 2 aromatic heterocycles. The van der Waals surface area contributed by atoms with Gasteiger partial charge in [-0.1, -0.05) is 6.08 Å². The van der Waals surface area contributed by atoms with Crippen LogP contribution in [0.25, 0.3) is 11.0 Å². The van der Waals surface area contributed by atoms with E-state index >= 15 is 0 Å². The standard InChI is InChI=1S/C24H37N5O3S/c1-28(24-22-8-11-25-23(22)26-18-27-24)21-6-4-20(5-7-21)17-33(30,31)15-3-12-29-13-9-19(10-14-29)16-32-2/h3,8,11-12,18-21H,4-7,9-10,13-17H2,1-2H3,(H,25,26,27). The first-order chi connectivity index (χ1) is 15.9. The molecule has 0 radical (unpaired) electrons. The van der Waals surface area contributed by atoms with Crippen molar-refractivity contribution in [2.75, 3.05) is 50.3 Å². The van der Waals surface area contributed by atoms with Gasteiger partial charge < -0.3 is 19.5 Å². The number of anilines is 1. The summed E-state index contributed by atoms with van der Waals surface area (Å²) in [4.78, 5) is 16.4. The molecule has 182 valence electrons. The number of aromatic nitrogens is 3. The van der Waals surface area contributed by atoms with Gasteiger partial charge in [-0.15, -0.1) is 0 Å². The summed E-state index contributed by atoms with van der Waals surface area (Å²) in [5.74, 6) is 2.24. The van der Waals surface area contributed by atoms with Gasteiger partial charge >= 0.3 is 0 Å². The third-order valence-electron chi connectivity index (χ3n) is 7.24. The van der Waals surface area contributed by atoms with Crippen molar-refractivity contribution in [3.8, 4) is 0 Å². The summed E-state index contributed by atoms with van der Waals surface area (Å²) in [5, 5.41) is 1.03. The highest BCUT2D eigenvalue weighted by Crippen LogP contribution is 2.32. The van der Waals surface area contributed by atoms with Gasteiger partial charge in [-0.3, -0.25) is 0 Å². The van der Waals surface area contributed by atoms with E-state index in [1.54, 1.807) is 13.4 Å². The average molecular weight is 476 g/mol. The Morgan fingerprint density at radius 3 is 2.64 bits per heavy atom. The molecule has 8 nitrogen and oxygen atoms in total. The summed E-state index contributed by atoms with van der Waals surface area (Å²) < 4.78 is 30.7. The number of hydrogen-bond acceptors (Lipinski definition) is 7. The lowest BCUT2D eigenvalue weighted by molar-refractivity contribution is 0.114. The van der Waals surface area contributed by atoms with E-state index in [0.29, 0.717) is 17.7 Å². The molecule has 1 saturated heterocycles. The van der Waals surface area contributed by atoms with Crippen LogP contribution < -0.4 is 4.90 Å². The lowest BCUT2D eigenvalue weighted by Crippen LogP contribution is -2.37. The molecular formula is C24H37N5O3S. The Kier molecular flexibility index (Phi) is 7.90. The Bertz CT molecular complexity index is 1020. The van der Waals surface area contributed by atoms with E-state index in [1.807, 2.05) is 24.5 Å². The van der Waals surface area contributed by atoms with Gasteiger partial charge in [-0.25, -0.2) is 18.4 Å². The molecule has 33 heavy (non-hydrogen) atoms. The topological polar surface area (TPSA) is 91.4 Å². The van der Waals surface area contributed by atoms with Crippen molar-refractivity contribution >= 4 is 26.7 Å². The second-order valence-corrected chi connectivity index (χ2v) is 11.8. The number of fused-ring (bicyclic) bond motifs is 1. The molecule has 4 rings (SSSR count). The third-order valence-corrected chi connectivity index (χ3v) is 8.92. The van der Waals surface area contributed by atoms with Crippen LogP contribution in [0.15, 0.2) is 30.9 Å². The molecule has 1 N–H and O–H groups in total. The zero-order valence-corrected chi connectivity index (χ0v) is 20.6. The molecule has 0 atom stereocenters. The largest absolute Gasteiger partial charge is 0.384 e. The maximum Gasteiger partial charge on any atom is 0.154 e. The minimum Gasteiger partial charge on any atom is -0.384 e. The van der Waals surface area contributed by atoms with Crippen LogP contribution in [0.5, 0.6) is 0 Å². The first kappa shape index (κ1) is 24.0. The summed E-state index contributed by atoms with van der Waals surface area (Å²) >= 11 is 0. The highest BCUT2D eigenvalue weighted by atomic mass is 32.2. The van der Waals surface area contributed by atoms with Gasteiger partial charge in [-0.2, -0.15) is 0 Å². The number of nitrogens with zero attached hydrogens (tertiary/aromatic N) is 4. The van der Waals surface area contributed by atoms with Crippen LogP contribution in [-0.4, -0.2) is 79.7 Å². The smallest absolute Gasteiger partial charge is 0.154 e. The zero-order valence-electron chi connectivity index (χ0n) is 19.8. The van der Waals surface area contributed by atoms with Crippen LogP contribution in [0.4, 0.5) is 5.82 Å². The van der Waals surface area contributed by atoms with Gasteiger partial charge in [0.15, 0.2) is 9.84 Å². The molecule has 0 bridgehead atoms. The lowest BCUT2D eigenvalue weighted by atomic mass is 9.86. The Morgan fingerprint density at radius 2 is 1.91 bits per heavy atom. The monoisotopic (exact) mass is 475 g/mol. The molecule has 0 amide bonds. The van der Waals surface area contributed by atoms with Crippen LogP contribution in [0.1, 0.15) is 38.5 Å². The maximum absolute atomic E-state index is 12.7. The highest BCUT2D eigenvalue weighted by molar-refractivity contribution is 7.91. The predicted octanol–water partition coefficient (Wildman–Crippen LogP) is 3.24. The number of sulfone groups is 1. The van der Waals surface area contributed by atoms with Crippen molar-refractivity contribution in [2.24, 2.45) is 11.8 Å². The van der Waals surface area contributed by atoms with Crippen molar-refractivity contribution in [1.29, 1.82) is 0 Å². The number of nitrogens with one attached hydrogen (secondary N) is 1. The van der Waals surface area contributed by atoms with E-state index in [-0.39, 0.29) is 11.7 Å².